The number of non-ortho nitro benzene ring substituents is 2. The molecule has 18 heteroatoms. The topological polar surface area (TPSA) is 232 Å². The summed E-state index contributed by atoms with van der Waals surface area (Å²) in [6.07, 6.45) is 2.61. The maximum Gasteiger partial charge on any atom is 0.440 e. The largest absolute Gasteiger partial charge is 0.440 e. The van der Waals surface area contributed by atoms with Crippen LogP contribution in [0.3, 0.4) is 0 Å². The SMILES string of the molecule is CC(=O)Cc1ccn[nH]1.CC(=O)Nc1ccn(C(=O)Oc2ccc([N+](=O)[O-])cc2)n1.O=C(Cl)Oc1ccc([N+](=O)[O-])cc1. The van der Waals surface area contributed by atoms with Crippen molar-refractivity contribution in [3.05, 3.63) is 99.0 Å². The first-order valence-corrected chi connectivity index (χ1v) is 12.1. The molecule has 0 unspecified atom stereocenters. The highest BCUT2D eigenvalue weighted by Crippen LogP contribution is 2.19. The number of halogens is 1. The lowest BCUT2D eigenvalue weighted by atomic mass is 10.2. The average molecular weight is 616 g/mol. The fraction of sp³-hybridized carbons (Fsp3) is 0.120. The third kappa shape index (κ3) is 12.4. The van der Waals surface area contributed by atoms with Crippen LogP contribution in [0.4, 0.5) is 26.8 Å². The summed E-state index contributed by atoms with van der Waals surface area (Å²) in [6.45, 7) is 2.87. The van der Waals surface area contributed by atoms with Crippen molar-refractivity contribution in [1.82, 2.24) is 20.0 Å². The van der Waals surface area contributed by atoms with E-state index in [0.29, 0.717) is 6.42 Å². The molecule has 0 fully saturated rings. The van der Waals surface area contributed by atoms with E-state index >= 15 is 0 Å². The molecule has 2 aromatic carbocycles. The van der Waals surface area contributed by atoms with Crippen LogP contribution in [0.5, 0.6) is 11.5 Å². The van der Waals surface area contributed by atoms with Crippen molar-refractivity contribution in [1.29, 1.82) is 0 Å². The Hall–Kier alpha value is -5.97. The summed E-state index contributed by atoms with van der Waals surface area (Å²) < 4.78 is 10.3. The Labute approximate surface area is 246 Å². The van der Waals surface area contributed by atoms with Crippen molar-refractivity contribution in [2.75, 3.05) is 5.32 Å². The predicted molar refractivity (Wildman–Crippen MR) is 149 cm³/mol. The molecule has 2 aromatic heterocycles. The van der Waals surface area contributed by atoms with Crippen LogP contribution in [-0.4, -0.2) is 53.0 Å². The van der Waals surface area contributed by atoms with Gasteiger partial charge in [-0.3, -0.25) is 34.9 Å². The van der Waals surface area contributed by atoms with Gasteiger partial charge >= 0.3 is 11.5 Å². The Morgan fingerprint density at radius 1 is 0.884 bits per heavy atom. The molecule has 0 bridgehead atoms. The first kappa shape index (κ1) is 33.2. The van der Waals surface area contributed by atoms with E-state index < -0.39 is 21.4 Å². The van der Waals surface area contributed by atoms with Gasteiger partial charge in [-0.05, 0) is 37.3 Å². The lowest BCUT2D eigenvalue weighted by Crippen LogP contribution is -2.18. The molecule has 4 rings (SSSR count). The molecule has 0 aliphatic rings. The van der Waals surface area contributed by atoms with E-state index in [4.69, 9.17) is 16.3 Å². The van der Waals surface area contributed by atoms with E-state index in [9.17, 15) is 39.4 Å². The van der Waals surface area contributed by atoms with Crippen molar-refractivity contribution in [2.24, 2.45) is 0 Å². The van der Waals surface area contributed by atoms with E-state index in [2.05, 4.69) is 25.3 Å². The van der Waals surface area contributed by atoms with Gasteiger partial charge in [0, 0.05) is 73.4 Å². The second-order valence-corrected chi connectivity index (χ2v) is 8.31. The monoisotopic (exact) mass is 615 g/mol. The first-order chi connectivity index (χ1) is 20.3. The van der Waals surface area contributed by atoms with E-state index in [1.165, 1.54) is 67.7 Å². The molecule has 0 spiro atoms. The van der Waals surface area contributed by atoms with Gasteiger partial charge in [0.05, 0.1) is 9.85 Å². The van der Waals surface area contributed by atoms with E-state index in [0.717, 1.165) is 10.4 Å². The quantitative estimate of drug-likeness (QED) is 0.164. The number of nitro benzene ring substituents is 2. The Morgan fingerprint density at radius 3 is 1.84 bits per heavy atom. The number of aromatic amines is 1. The second kappa shape index (κ2) is 16.3. The Morgan fingerprint density at radius 2 is 1.42 bits per heavy atom. The molecule has 0 atom stereocenters. The summed E-state index contributed by atoms with van der Waals surface area (Å²) in [7, 11) is 0. The molecule has 224 valence electrons. The minimum Gasteiger partial charge on any atom is -0.414 e. The highest BCUT2D eigenvalue weighted by Gasteiger charge is 2.12. The van der Waals surface area contributed by atoms with Gasteiger partial charge in [-0.25, -0.2) is 9.59 Å². The van der Waals surface area contributed by atoms with Crippen LogP contribution in [0, 0.1) is 20.2 Å². The number of hydrogen-bond donors (Lipinski definition) is 2. The summed E-state index contributed by atoms with van der Waals surface area (Å²) in [5, 5.41) is 33.3. The molecular formula is C25H22ClN7O10. The number of rotatable bonds is 7. The van der Waals surface area contributed by atoms with E-state index in [1.54, 1.807) is 19.2 Å². The normalized spacial score (nSPS) is 9.65. The first-order valence-electron chi connectivity index (χ1n) is 11.7. The molecule has 0 aliphatic heterocycles. The minimum absolute atomic E-state index is 0.0747. The van der Waals surface area contributed by atoms with Crippen LogP contribution in [0.1, 0.15) is 19.5 Å². The van der Waals surface area contributed by atoms with Crippen LogP contribution in [-0.2, 0) is 16.0 Å². The molecule has 2 N–H and O–H groups in total. The fourth-order valence-corrected chi connectivity index (χ4v) is 2.93. The second-order valence-electron chi connectivity index (χ2n) is 8.00. The molecule has 4 aromatic rings. The summed E-state index contributed by atoms with van der Waals surface area (Å²) >= 11 is 4.92. The van der Waals surface area contributed by atoms with Crippen molar-refractivity contribution in [3.63, 3.8) is 0 Å². The maximum absolute atomic E-state index is 11.8. The van der Waals surface area contributed by atoms with E-state index in [1.807, 2.05) is 0 Å². The standard InChI is InChI=1S/C12H10N4O5.C7H4ClNO4.C6H8N2O/c1-8(17)13-11-6-7-15(14-11)12(18)21-10-4-2-9(3-5-10)16(19)20;8-7(10)13-6-3-1-5(2-4-6)9(11)12;1-5(9)4-6-2-3-7-8-6/h2-7H,1H3,(H,13,14,17);1-4H;2-3H,4H2,1H3,(H,7,8). The van der Waals surface area contributed by atoms with Gasteiger partial charge in [-0.2, -0.15) is 9.78 Å². The van der Waals surface area contributed by atoms with Crippen molar-refractivity contribution < 1.29 is 38.5 Å². The van der Waals surface area contributed by atoms with Crippen LogP contribution in [0.25, 0.3) is 0 Å². The number of nitrogens with one attached hydrogen (secondary N) is 2. The summed E-state index contributed by atoms with van der Waals surface area (Å²) in [5.41, 5.74) is -0.285. The highest BCUT2D eigenvalue weighted by atomic mass is 35.5. The molecule has 0 saturated heterocycles. The molecule has 43 heavy (non-hydrogen) atoms. The van der Waals surface area contributed by atoms with Crippen LogP contribution < -0.4 is 14.8 Å². The van der Waals surface area contributed by atoms with E-state index in [-0.39, 0.29) is 40.4 Å². The van der Waals surface area contributed by atoms with Gasteiger partial charge in [0.1, 0.15) is 17.3 Å². The van der Waals surface area contributed by atoms with Gasteiger partial charge in [0.25, 0.3) is 11.4 Å². The molecule has 1 amide bonds. The number of benzene rings is 2. The summed E-state index contributed by atoms with van der Waals surface area (Å²) in [5.74, 6) is 0.360. The Kier molecular flexibility index (Phi) is 12.6. The molecule has 17 nitrogen and oxygen atoms in total. The summed E-state index contributed by atoms with van der Waals surface area (Å²) in [4.78, 5) is 62.9. The maximum atomic E-state index is 11.8. The zero-order valence-corrected chi connectivity index (χ0v) is 23.1. The molecule has 0 aliphatic carbocycles. The number of aromatic nitrogens is 4. The molecule has 0 saturated carbocycles. The zero-order valence-electron chi connectivity index (χ0n) is 22.3. The van der Waals surface area contributed by atoms with Crippen molar-refractivity contribution in [3.8, 4) is 11.5 Å². The molecule has 2 heterocycles. The van der Waals surface area contributed by atoms with Crippen LogP contribution in [0.15, 0.2) is 73.1 Å². The lowest BCUT2D eigenvalue weighted by Gasteiger charge is -2.03. The number of H-pyrrole nitrogens is 1. The van der Waals surface area contributed by atoms with Crippen molar-refractivity contribution in [2.45, 2.75) is 20.3 Å². The minimum atomic E-state index is -0.978. The number of hydrogen-bond acceptors (Lipinski definition) is 12. The number of carbonyl (C=O) groups is 4. The predicted octanol–water partition coefficient (Wildman–Crippen LogP) is 4.67. The number of Topliss-reactive ketones (excluding diaryl/α,β-unsaturated/α-hetero) is 1. The number of anilines is 1. The third-order valence-electron chi connectivity index (χ3n) is 4.58. The number of carbonyl (C=O) groups excluding carboxylic acids is 4. The van der Waals surface area contributed by atoms with Gasteiger partial charge in [-0.1, -0.05) is 0 Å². The summed E-state index contributed by atoms with van der Waals surface area (Å²) in [6, 6.07) is 13.3. The number of ketones is 1. The molecule has 0 radical (unpaired) electrons. The smallest absolute Gasteiger partial charge is 0.414 e. The van der Waals surface area contributed by atoms with Crippen LogP contribution >= 0.6 is 11.6 Å². The number of nitrogens with zero attached hydrogens (tertiary/aromatic N) is 5. The lowest BCUT2D eigenvalue weighted by molar-refractivity contribution is -0.385. The average Bonchev–Trinajstić information content (AvgIpc) is 3.61. The van der Waals surface area contributed by atoms with Gasteiger partial charge in [0.2, 0.25) is 5.91 Å². The number of amides is 1. The van der Waals surface area contributed by atoms with Gasteiger partial charge in [0.15, 0.2) is 5.82 Å². The van der Waals surface area contributed by atoms with Crippen molar-refractivity contribution >= 4 is 52.0 Å². The van der Waals surface area contributed by atoms with Gasteiger partial charge < -0.3 is 14.8 Å². The number of ether oxygens (including phenoxy) is 2. The highest BCUT2D eigenvalue weighted by molar-refractivity contribution is 6.61. The van der Waals surface area contributed by atoms with Gasteiger partial charge in [-0.15, -0.1) is 5.10 Å². The molecular weight excluding hydrogens is 594 g/mol. The van der Waals surface area contributed by atoms with Crippen LogP contribution in [0.2, 0.25) is 0 Å². The number of nitro groups is 2. The Bertz CT molecular complexity index is 1570. The fourth-order valence-electron chi connectivity index (χ4n) is 2.84. The Balaban J connectivity index is 0.000000249. The zero-order chi connectivity index (χ0) is 31.9. The third-order valence-corrected chi connectivity index (χ3v) is 4.65.